The van der Waals surface area contributed by atoms with E-state index in [4.69, 9.17) is 32.7 Å². The maximum atomic E-state index is 11.9. The van der Waals surface area contributed by atoms with E-state index in [0.717, 1.165) is 0 Å². The van der Waals surface area contributed by atoms with E-state index in [2.05, 4.69) is 10.6 Å². The van der Waals surface area contributed by atoms with Crippen LogP contribution in [-0.4, -0.2) is 19.2 Å². The molecule has 0 spiro atoms. The second-order valence-corrected chi connectivity index (χ2v) is 5.44. The molecule has 22 heavy (non-hydrogen) atoms. The first kappa shape index (κ1) is 14.8. The van der Waals surface area contributed by atoms with Gasteiger partial charge in [0, 0.05) is 16.8 Å². The van der Waals surface area contributed by atoms with Gasteiger partial charge in [-0.3, -0.25) is 4.79 Å². The van der Waals surface area contributed by atoms with Gasteiger partial charge in [0.05, 0.1) is 17.3 Å². The Bertz CT molecular complexity index is 722. The lowest BCUT2D eigenvalue weighted by Gasteiger charge is -2.09. The molecule has 0 atom stereocenters. The number of rotatable bonds is 4. The molecule has 5 nitrogen and oxygen atoms in total. The molecule has 1 amide bonds. The summed E-state index contributed by atoms with van der Waals surface area (Å²) in [4.78, 5) is 11.9. The lowest BCUT2D eigenvalue weighted by Crippen LogP contribution is -2.21. The summed E-state index contributed by atoms with van der Waals surface area (Å²) < 4.78 is 10.5. The van der Waals surface area contributed by atoms with Crippen molar-refractivity contribution in [2.45, 2.75) is 0 Å². The molecule has 2 aromatic carbocycles. The van der Waals surface area contributed by atoms with Gasteiger partial charge in [-0.2, -0.15) is 0 Å². The molecule has 0 fully saturated rings. The molecular weight excluding hydrogens is 327 g/mol. The summed E-state index contributed by atoms with van der Waals surface area (Å²) in [6, 6.07) is 10.3. The lowest BCUT2D eigenvalue weighted by molar-refractivity contribution is -0.114. The van der Waals surface area contributed by atoms with Crippen molar-refractivity contribution in [2.75, 3.05) is 24.0 Å². The van der Waals surface area contributed by atoms with Gasteiger partial charge in [-0.1, -0.05) is 23.2 Å². The van der Waals surface area contributed by atoms with Crippen LogP contribution in [0.4, 0.5) is 11.4 Å². The molecule has 2 N–H and O–H groups in total. The number of carbonyl (C=O) groups is 1. The van der Waals surface area contributed by atoms with Gasteiger partial charge >= 0.3 is 0 Å². The summed E-state index contributed by atoms with van der Waals surface area (Å²) in [6.07, 6.45) is 0. The Labute approximate surface area is 137 Å². The molecule has 114 valence electrons. The summed E-state index contributed by atoms with van der Waals surface area (Å²) in [5, 5.41) is 6.72. The van der Waals surface area contributed by atoms with E-state index in [0.29, 0.717) is 32.9 Å². The summed E-state index contributed by atoms with van der Waals surface area (Å²) >= 11 is 11.8. The number of benzene rings is 2. The topological polar surface area (TPSA) is 59.6 Å². The standard InChI is InChI=1S/C15H12Cl2N2O3/c16-9-1-3-12(11(17)5-9)18-7-15(20)19-10-2-4-13-14(6-10)22-8-21-13/h1-6,18H,7-8H2,(H,19,20). The second-order valence-electron chi connectivity index (χ2n) is 4.59. The highest BCUT2D eigenvalue weighted by atomic mass is 35.5. The lowest BCUT2D eigenvalue weighted by atomic mass is 10.2. The van der Waals surface area contributed by atoms with Crippen LogP contribution in [-0.2, 0) is 4.79 Å². The Morgan fingerprint density at radius 2 is 1.91 bits per heavy atom. The van der Waals surface area contributed by atoms with Crippen molar-refractivity contribution in [1.82, 2.24) is 0 Å². The van der Waals surface area contributed by atoms with Crippen molar-refractivity contribution < 1.29 is 14.3 Å². The number of hydrogen-bond donors (Lipinski definition) is 2. The van der Waals surface area contributed by atoms with Crippen LogP contribution in [0.3, 0.4) is 0 Å². The van der Waals surface area contributed by atoms with E-state index < -0.39 is 0 Å². The third-order valence-electron chi connectivity index (χ3n) is 3.03. The molecule has 7 heteroatoms. The molecule has 0 radical (unpaired) electrons. The van der Waals surface area contributed by atoms with Crippen molar-refractivity contribution in [3.05, 3.63) is 46.4 Å². The van der Waals surface area contributed by atoms with Gasteiger partial charge in [-0.25, -0.2) is 0 Å². The fraction of sp³-hybridized carbons (Fsp3) is 0.133. The van der Waals surface area contributed by atoms with E-state index in [9.17, 15) is 4.79 Å². The van der Waals surface area contributed by atoms with Gasteiger partial charge in [0.1, 0.15) is 0 Å². The summed E-state index contributed by atoms with van der Waals surface area (Å²) in [5.74, 6) is 1.08. The van der Waals surface area contributed by atoms with Crippen LogP contribution in [0.25, 0.3) is 0 Å². The molecule has 1 aliphatic rings. The van der Waals surface area contributed by atoms with Crippen molar-refractivity contribution >= 4 is 40.5 Å². The SMILES string of the molecule is O=C(CNc1ccc(Cl)cc1Cl)Nc1ccc2c(c1)OCO2. The number of anilines is 2. The predicted molar refractivity (Wildman–Crippen MR) is 86.1 cm³/mol. The van der Waals surface area contributed by atoms with Crippen molar-refractivity contribution in [1.29, 1.82) is 0 Å². The van der Waals surface area contributed by atoms with Crippen LogP contribution < -0.4 is 20.1 Å². The maximum absolute atomic E-state index is 11.9. The van der Waals surface area contributed by atoms with Gasteiger partial charge in [0.25, 0.3) is 0 Å². The third kappa shape index (κ3) is 3.37. The normalized spacial score (nSPS) is 12.1. The first-order valence-electron chi connectivity index (χ1n) is 6.50. The van der Waals surface area contributed by atoms with Crippen LogP contribution >= 0.6 is 23.2 Å². The summed E-state index contributed by atoms with van der Waals surface area (Å²) in [7, 11) is 0. The zero-order valence-electron chi connectivity index (χ0n) is 11.4. The van der Waals surface area contributed by atoms with Crippen LogP contribution in [0, 0.1) is 0 Å². The highest BCUT2D eigenvalue weighted by molar-refractivity contribution is 6.36. The molecule has 3 rings (SSSR count). The Balaban J connectivity index is 1.58. The molecule has 0 bridgehead atoms. The average Bonchev–Trinajstić information content (AvgIpc) is 2.94. The molecule has 0 unspecified atom stereocenters. The van der Waals surface area contributed by atoms with Gasteiger partial charge in [-0.05, 0) is 30.3 Å². The molecule has 1 heterocycles. The quantitative estimate of drug-likeness (QED) is 0.890. The van der Waals surface area contributed by atoms with Crippen LogP contribution in [0.1, 0.15) is 0 Å². The third-order valence-corrected chi connectivity index (χ3v) is 3.57. The maximum Gasteiger partial charge on any atom is 0.243 e. The van der Waals surface area contributed by atoms with Gasteiger partial charge < -0.3 is 20.1 Å². The number of carbonyl (C=O) groups excluding carboxylic acids is 1. The van der Waals surface area contributed by atoms with Crippen LogP contribution in [0.5, 0.6) is 11.5 Å². The monoisotopic (exact) mass is 338 g/mol. The highest BCUT2D eigenvalue weighted by Gasteiger charge is 2.14. The number of nitrogens with one attached hydrogen (secondary N) is 2. The minimum Gasteiger partial charge on any atom is -0.454 e. The number of hydrogen-bond acceptors (Lipinski definition) is 4. The molecule has 1 aliphatic heterocycles. The summed E-state index contributed by atoms with van der Waals surface area (Å²) in [5.41, 5.74) is 1.28. The van der Waals surface area contributed by atoms with E-state index in [1.807, 2.05) is 0 Å². The van der Waals surface area contributed by atoms with Gasteiger partial charge in [-0.15, -0.1) is 0 Å². The number of amides is 1. The van der Waals surface area contributed by atoms with Crippen LogP contribution in [0.15, 0.2) is 36.4 Å². The molecule has 0 saturated heterocycles. The zero-order valence-corrected chi connectivity index (χ0v) is 12.9. The smallest absolute Gasteiger partial charge is 0.243 e. The Hall–Kier alpha value is -2.11. The Morgan fingerprint density at radius 3 is 2.73 bits per heavy atom. The van der Waals surface area contributed by atoms with Gasteiger partial charge in [0.2, 0.25) is 12.7 Å². The van der Waals surface area contributed by atoms with E-state index >= 15 is 0 Å². The van der Waals surface area contributed by atoms with Crippen molar-refractivity contribution in [3.8, 4) is 11.5 Å². The fourth-order valence-corrected chi connectivity index (χ4v) is 2.46. The zero-order chi connectivity index (χ0) is 15.5. The minimum absolute atomic E-state index is 0.0792. The van der Waals surface area contributed by atoms with E-state index in [1.165, 1.54) is 0 Å². The second kappa shape index (κ2) is 6.34. The fourth-order valence-electron chi connectivity index (χ4n) is 1.99. The molecule has 0 aliphatic carbocycles. The first-order chi connectivity index (χ1) is 10.6. The van der Waals surface area contributed by atoms with Crippen LogP contribution in [0.2, 0.25) is 10.0 Å². The largest absolute Gasteiger partial charge is 0.454 e. The molecule has 0 aromatic heterocycles. The predicted octanol–water partition coefficient (Wildman–Crippen LogP) is 3.77. The first-order valence-corrected chi connectivity index (χ1v) is 7.26. The average molecular weight is 339 g/mol. The van der Waals surface area contributed by atoms with Crippen molar-refractivity contribution in [2.24, 2.45) is 0 Å². The van der Waals surface area contributed by atoms with Crippen molar-refractivity contribution in [3.63, 3.8) is 0 Å². The van der Waals surface area contributed by atoms with Gasteiger partial charge in [0.15, 0.2) is 11.5 Å². The number of ether oxygens (including phenoxy) is 2. The molecule has 2 aromatic rings. The number of fused-ring (bicyclic) bond motifs is 1. The van der Waals surface area contributed by atoms with E-state index in [1.54, 1.807) is 36.4 Å². The summed E-state index contributed by atoms with van der Waals surface area (Å²) in [6.45, 7) is 0.277. The Morgan fingerprint density at radius 1 is 1.09 bits per heavy atom. The Kier molecular flexibility index (Phi) is 4.27. The minimum atomic E-state index is -0.204. The molecular formula is C15H12Cl2N2O3. The highest BCUT2D eigenvalue weighted by Crippen LogP contribution is 2.34. The number of halogens is 2. The van der Waals surface area contributed by atoms with E-state index in [-0.39, 0.29) is 19.2 Å². The molecule has 0 saturated carbocycles.